The molecule has 0 radical (unpaired) electrons. The van der Waals surface area contributed by atoms with E-state index in [1.54, 1.807) is 29.7 Å². The minimum atomic E-state index is -0.937. The van der Waals surface area contributed by atoms with Crippen LogP contribution in [0.3, 0.4) is 0 Å². The first-order valence-electron chi connectivity index (χ1n) is 7.24. The van der Waals surface area contributed by atoms with Crippen LogP contribution < -0.4 is 21.3 Å². The Labute approximate surface area is 128 Å². The van der Waals surface area contributed by atoms with Crippen LogP contribution in [0.15, 0.2) is 24.3 Å². The molecule has 7 nitrogen and oxygen atoms in total. The number of nitrogens with two attached hydrogens (primary N) is 1. The first kappa shape index (κ1) is 16.0. The van der Waals surface area contributed by atoms with Crippen molar-refractivity contribution in [2.75, 3.05) is 5.32 Å². The van der Waals surface area contributed by atoms with Crippen LogP contribution in [-0.2, 0) is 14.4 Å². The van der Waals surface area contributed by atoms with E-state index in [0.717, 1.165) is 25.7 Å². The maximum Gasteiger partial charge on any atom is 0.323 e. The average Bonchev–Trinajstić information content (AvgIpc) is 2.56. The largest absolute Gasteiger partial charge is 0.426 e. The second kappa shape index (κ2) is 7.56. The summed E-state index contributed by atoms with van der Waals surface area (Å²) in [7, 11) is 0. The molecule has 2 rings (SSSR count). The number of amides is 2. The predicted molar refractivity (Wildman–Crippen MR) is 79.6 cm³/mol. The fourth-order valence-corrected chi connectivity index (χ4v) is 2.40. The monoisotopic (exact) mass is 305 g/mol. The zero-order chi connectivity index (χ0) is 15.9. The molecule has 118 valence electrons. The number of hydrazine groups is 1. The number of esters is 1. The molecule has 1 fully saturated rings. The molecule has 0 atom stereocenters. The summed E-state index contributed by atoms with van der Waals surface area (Å²) in [5.41, 5.74) is 2.15. The maximum atomic E-state index is 12.0. The minimum absolute atomic E-state index is 0.0265. The lowest BCUT2D eigenvalue weighted by Gasteiger charge is -2.19. The Balaban J connectivity index is 1.90. The molecule has 0 heterocycles. The number of rotatable bonds is 3. The van der Waals surface area contributed by atoms with Gasteiger partial charge in [0.25, 0.3) is 0 Å². The third kappa shape index (κ3) is 4.29. The van der Waals surface area contributed by atoms with E-state index in [-0.39, 0.29) is 11.9 Å². The molecule has 4 N–H and O–H groups in total. The Kier molecular flexibility index (Phi) is 5.48. The summed E-state index contributed by atoms with van der Waals surface area (Å²) in [5, 5.41) is 2.37. The van der Waals surface area contributed by atoms with Gasteiger partial charge in [0.05, 0.1) is 5.92 Å². The molecule has 7 heteroatoms. The maximum absolute atomic E-state index is 12.0. The quantitative estimate of drug-likeness (QED) is 0.193. The van der Waals surface area contributed by atoms with E-state index in [0.29, 0.717) is 11.4 Å². The summed E-state index contributed by atoms with van der Waals surface area (Å²) >= 11 is 0. The smallest absolute Gasteiger partial charge is 0.323 e. The molecular formula is C15H19N3O4. The van der Waals surface area contributed by atoms with Crippen LogP contribution >= 0.6 is 0 Å². The van der Waals surface area contributed by atoms with E-state index in [1.807, 2.05) is 0 Å². The third-order valence-electron chi connectivity index (χ3n) is 3.61. The van der Waals surface area contributed by atoms with E-state index >= 15 is 0 Å². The SMILES string of the molecule is NNC(=O)C(=O)Nc1ccc(OC(=O)C2CCCCC2)cc1. The van der Waals surface area contributed by atoms with Crippen LogP contribution in [0.25, 0.3) is 0 Å². The first-order valence-corrected chi connectivity index (χ1v) is 7.24. The van der Waals surface area contributed by atoms with Gasteiger partial charge in [-0.25, -0.2) is 5.84 Å². The highest BCUT2D eigenvalue weighted by Gasteiger charge is 2.23. The van der Waals surface area contributed by atoms with Crippen molar-refractivity contribution in [3.8, 4) is 5.75 Å². The van der Waals surface area contributed by atoms with Crippen LogP contribution in [0.5, 0.6) is 5.75 Å². The van der Waals surface area contributed by atoms with Gasteiger partial charge in [-0.15, -0.1) is 0 Å². The molecule has 1 aromatic carbocycles. The first-order chi connectivity index (χ1) is 10.6. The zero-order valence-electron chi connectivity index (χ0n) is 12.1. The number of anilines is 1. The van der Waals surface area contributed by atoms with Crippen LogP contribution in [0.4, 0.5) is 5.69 Å². The van der Waals surface area contributed by atoms with Gasteiger partial charge in [0.1, 0.15) is 5.75 Å². The lowest BCUT2D eigenvalue weighted by Crippen LogP contribution is -2.39. The van der Waals surface area contributed by atoms with Crippen molar-refractivity contribution in [2.24, 2.45) is 11.8 Å². The molecule has 1 aliphatic carbocycles. The van der Waals surface area contributed by atoms with Gasteiger partial charge in [0, 0.05) is 5.69 Å². The van der Waals surface area contributed by atoms with Crippen LogP contribution in [0.1, 0.15) is 32.1 Å². The molecule has 1 aliphatic rings. The highest BCUT2D eigenvalue weighted by atomic mass is 16.5. The molecule has 0 spiro atoms. The number of carbonyl (C=O) groups is 3. The highest BCUT2D eigenvalue weighted by molar-refractivity contribution is 6.39. The van der Waals surface area contributed by atoms with Crippen molar-refractivity contribution in [1.82, 2.24) is 5.43 Å². The Hall–Kier alpha value is -2.41. The summed E-state index contributed by atoms with van der Waals surface area (Å²) in [6, 6.07) is 6.23. The minimum Gasteiger partial charge on any atom is -0.426 e. The van der Waals surface area contributed by atoms with Crippen LogP contribution in [0.2, 0.25) is 0 Å². The number of hydrogen-bond acceptors (Lipinski definition) is 5. The molecule has 22 heavy (non-hydrogen) atoms. The van der Waals surface area contributed by atoms with Crippen molar-refractivity contribution in [2.45, 2.75) is 32.1 Å². The lowest BCUT2D eigenvalue weighted by atomic mass is 9.89. The summed E-state index contributed by atoms with van der Waals surface area (Å²) < 4.78 is 5.33. The molecule has 2 amide bonds. The molecule has 0 unspecified atom stereocenters. The van der Waals surface area contributed by atoms with Crippen LogP contribution in [0, 0.1) is 5.92 Å². The standard InChI is InChI=1S/C15H19N3O4/c16-18-14(20)13(19)17-11-6-8-12(9-7-11)22-15(21)10-4-2-1-3-5-10/h6-10H,1-5,16H2,(H,17,19)(H,18,20). The van der Waals surface area contributed by atoms with Gasteiger partial charge < -0.3 is 10.1 Å². The normalized spacial score (nSPS) is 15.0. The van der Waals surface area contributed by atoms with Crippen molar-refractivity contribution >= 4 is 23.5 Å². The number of ether oxygens (including phenoxy) is 1. The van der Waals surface area contributed by atoms with Crippen molar-refractivity contribution < 1.29 is 19.1 Å². The predicted octanol–water partition coefficient (Wildman–Crippen LogP) is 1.10. The Morgan fingerprint density at radius 1 is 1.00 bits per heavy atom. The number of nitrogens with one attached hydrogen (secondary N) is 2. The molecule has 0 aromatic heterocycles. The van der Waals surface area contributed by atoms with Crippen LogP contribution in [-0.4, -0.2) is 17.8 Å². The molecule has 0 aliphatic heterocycles. The summed E-state index contributed by atoms with van der Waals surface area (Å²) in [5.74, 6) is 3.23. The second-order valence-corrected chi connectivity index (χ2v) is 5.21. The second-order valence-electron chi connectivity index (χ2n) is 5.21. The Morgan fingerprint density at radius 3 is 2.23 bits per heavy atom. The van der Waals surface area contributed by atoms with E-state index < -0.39 is 11.8 Å². The van der Waals surface area contributed by atoms with Crippen molar-refractivity contribution in [3.05, 3.63) is 24.3 Å². The fraction of sp³-hybridized carbons (Fsp3) is 0.400. The molecule has 1 saturated carbocycles. The fourth-order valence-electron chi connectivity index (χ4n) is 2.40. The van der Waals surface area contributed by atoms with Gasteiger partial charge in [0.2, 0.25) is 0 Å². The van der Waals surface area contributed by atoms with Crippen molar-refractivity contribution in [3.63, 3.8) is 0 Å². The van der Waals surface area contributed by atoms with E-state index in [9.17, 15) is 14.4 Å². The third-order valence-corrected chi connectivity index (χ3v) is 3.61. The number of benzene rings is 1. The van der Waals surface area contributed by atoms with E-state index in [2.05, 4.69) is 5.32 Å². The Morgan fingerprint density at radius 2 is 1.64 bits per heavy atom. The average molecular weight is 305 g/mol. The van der Waals surface area contributed by atoms with Gasteiger partial charge in [-0.1, -0.05) is 19.3 Å². The van der Waals surface area contributed by atoms with Gasteiger partial charge in [-0.05, 0) is 37.1 Å². The number of hydrogen-bond donors (Lipinski definition) is 3. The van der Waals surface area contributed by atoms with E-state index in [1.165, 1.54) is 6.42 Å². The topological polar surface area (TPSA) is 111 Å². The molecule has 0 saturated heterocycles. The van der Waals surface area contributed by atoms with Crippen molar-refractivity contribution in [1.29, 1.82) is 0 Å². The van der Waals surface area contributed by atoms with Gasteiger partial charge in [-0.2, -0.15) is 0 Å². The highest BCUT2D eigenvalue weighted by Crippen LogP contribution is 2.26. The van der Waals surface area contributed by atoms with Gasteiger partial charge in [0.15, 0.2) is 0 Å². The lowest BCUT2D eigenvalue weighted by molar-refractivity contribution is -0.140. The number of carbonyl (C=O) groups excluding carboxylic acids is 3. The van der Waals surface area contributed by atoms with Gasteiger partial charge >= 0.3 is 17.8 Å². The molecule has 1 aromatic rings. The molecular weight excluding hydrogens is 286 g/mol. The molecule has 0 bridgehead atoms. The summed E-state index contributed by atoms with van der Waals surface area (Å²) in [4.78, 5) is 34.3. The van der Waals surface area contributed by atoms with Gasteiger partial charge in [-0.3, -0.25) is 19.8 Å². The zero-order valence-corrected chi connectivity index (χ0v) is 12.1. The summed E-state index contributed by atoms with van der Waals surface area (Å²) in [6.45, 7) is 0. The summed E-state index contributed by atoms with van der Waals surface area (Å²) in [6.07, 6.45) is 5.05. The van der Waals surface area contributed by atoms with E-state index in [4.69, 9.17) is 10.6 Å². The Bertz CT molecular complexity index is 550.